The Morgan fingerprint density at radius 3 is 2.67 bits per heavy atom. The lowest BCUT2D eigenvalue weighted by molar-refractivity contribution is -0.0817. The van der Waals surface area contributed by atoms with Gasteiger partial charge in [-0.1, -0.05) is 18.2 Å². The Kier molecular flexibility index (Phi) is 4.92. The summed E-state index contributed by atoms with van der Waals surface area (Å²) >= 11 is 0. The molecular formula is C21H22O6. The summed E-state index contributed by atoms with van der Waals surface area (Å²) in [5.74, 6) is 2.71. The van der Waals surface area contributed by atoms with Gasteiger partial charge >= 0.3 is 0 Å². The summed E-state index contributed by atoms with van der Waals surface area (Å²) < 4.78 is 26.9. The second-order valence-electron chi connectivity index (χ2n) is 6.53. The van der Waals surface area contributed by atoms with Gasteiger partial charge in [-0.2, -0.15) is 0 Å². The first-order valence-corrected chi connectivity index (χ1v) is 8.78. The fraction of sp³-hybridized carbons (Fsp3) is 0.333. The minimum atomic E-state index is -0.835. The smallest absolute Gasteiger partial charge is 0.231 e. The van der Waals surface area contributed by atoms with Crippen molar-refractivity contribution in [3.8, 4) is 23.0 Å². The number of methoxy groups -OCH3 is 2. The average Bonchev–Trinajstić information content (AvgIpc) is 3.29. The van der Waals surface area contributed by atoms with E-state index in [9.17, 15) is 5.11 Å². The SMILES string of the molecule is COc1ccc(C[C@@H]2C(=Cc3ccc4c(c3)OCO4)CO[C@H]2O)cc1OC. The van der Waals surface area contributed by atoms with E-state index in [1.54, 1.807) is 14.2 Å². The number of hydrogen-bond donors (Lipinski definition) is 1. The lowest BCUT2D eigenvalue weighted by Gasteiger charge is -2.16. The second-order valence-corrected chi connectivity index (χ2v) is 6.53. The van der Waals surface area contributed by atoms with Gasteiger partial charge in [0.25, 0.3) is 0 Å². The molecule has 27 heavy (non-hydrogen) atoms. The molecule has 0 aliphatic carbocycles. The molecule has 6 heteroatoms. The molecule has 1 saturated heterocycles. The highest BCUT2D eigenvalue weighted by molar-refractivity contribution is 5.59. The largest absolute Gasteiger partial charge is 0.493 e. The summed E-state index contributed by atoms with van der Waals surface area (Å²) in [5.41, 5.74) is 3.07. The van der Waals surface area contributed by atoms with Crippen LogP contribution < -0.4 is 18.9 Å². The van der Waals surface area contributed by atoms with E-state index in [1.807, 2.05) is 42.5 Å². The van der Waals surface area contributed by atoms with Crippen molar-refractivity contribution < 1.29 is 28.8 Å². The molecule has 1 fully saturated rings. The third-order valence-corrected chi connectivity index (χ3v) is 4.89. The molecule has 0 spiro atoms. The topological polar surface area (TPSA) is 66.4 Å². The van der Waals surface area contributed by atoms with Crippen molar-refractivity contribution in [1.29, 1.82) is 0 Å². The Bertz CT molecular complexity index is 860. The second kappa shape index (κ2) is 7.50. The minimum absolute atomic E-state index is 0.131. The summed E-state index contributed by atoms with van der Waals surface area (Å²) in [7, 11) is 3.22. The van der Waals surface area contributed by atoms with E-state index in [1.165, 1.54) is 0 Å². The summed E-state index contributed by atoms with van der Waals surface area (Å²) in [6, 6.07) is 11.6. The molecule has 0 unspecified atom stereocenters. The van der Waals surface area contributed by atoms with Crippen molar-refractivity contribution in [3.05, 3.63) is 53.1 Å². The first kappa shape index (κ1) is 17.7. The normalized spacial score (nSPS) is 22.3. The molecule has 0 amide bonds. The van der Waals surface area contributed by atoms with Crippen molar-refractivity contribution in [2.75, 3.05) is 27.6 Å². The van der Waals surface area contributed by atoms with Gasteiger partial charge in [-0.25, -0.2) is 0 Å². The first-order chi connectivity index (χ1) is 13.2. The van der Waals surface area contributed by atoms with Crippen molar-refractivity contribution in [1.82, 2.24) is 0 Å². The Morgan fingerprint density at radius 1 is 1.04 bits per heavy atom. The van der Waals surface area contributed by atoms with Crippen LogP contribution in [0.4, 0.5) is 0 Å². The predicted molar refractivity (Wildman–Crippen MR) is 99.2 cm³/mol. The van der Waals surface area contributed by atoms with Gasteiger partial charge in [0.05, 0.1) is 20.8 Å². The van der Waals surface area contributed by atoms with E-state index in [2.05, 4.69) is 0 Å². The summed E-state index contributed by atoms with van der Waals surface area (Å²) in [6.07, 6.45) is 1.85. The minimum Gasteiger partial charge on any atom is -0.493 e. The van der Waals surface area contributed by atoms with Crippen molar-refractivity contribution in [2.24, 2.45) is 5.92 Å². The van der Waals surface area contributed by atoms with E-state index in [-0.39, 0.29) is 12.7 Å². The fourth-order valence-electron chi connectivity index (χ4n) is 3.45. The summed E-state index contributed by atoms with van der Waals surface area (Å²) in [5, 5.41) is 10.3. The molecule has 2 aliphatic heterocycles. The summed E-state index contributed by atoms with van der Waals surface area (Å²) in [4.78, 5) is 0. The van der Waals surface area contributed by atoms with Gasteiger partial charge in [0.1, 0.15) is 0 Å². The third-order valence-electron chi connectivity index (χ3n) is 4.89. The number of fused-ring (bicyclic) bond motifs is 1. The van der Waals surface area contributed by atoms with Crippen LogP contribution in [0.25, 0.3) is 6.08 Å². The molecule has 0 saturated carbocycles. The zero-order valence-electron chi connectivity index (χ0n) is 15.3. The van der Waals surface area contributed by atoms with Gasteiger partial charge in [0.2, 0.25) is 6.79 Å². The Hall–Kier alpha value is -2.70. The van der Waals surface area contributed by atoms with Crippen LogP contribution in [-0.4, -0.2) is 39.0 Å². The lowest BCUT2D eigenvalue weighted by atomic mass is 9.91. The van der Waals surface area contributed by atoms with Crippen molar-refractivity contribution in [3.63, 3.8) is 0 Å². The monoisotopic (exact) mass is 370 g/mol. The third kappa shape index (κ3) is 3.59. The molecule has 4 rings (SSSR count). The molecule has 2 heterocycles. The standard InChI is InChI=1S/C21H22O6/c1-23-17-5-3-14(9-19(17)24-2)8-16-15(11-25-21(16)22)7-13-4-6-18-20(10-13)27-12-26-18/h3-7,9-10,16,21-22H,8,11-12H2,1-2H3/t16-,21-/m1/s1. The predicted octanol–water partition coefficient (Wildman–Crippen LogP) is 3.02. The van der Waals surface area contributed by atoms with Gasteiger partial charge < -0.3 is 28.8 Å². The molecular weight excluding hydrogens is 348 g/mol. The van der Waals surface area contributed by atoms with E-state index < -0.39 is 6.29 Å². The van der Waals surface area contributed by atoms with E-state index in [4.69, 9.17) is 23.7 Å². The van der Waals surface area contributed by atoms with E-state index >= 15 is 0 Å². The molecule has 0 bridgehead atoms. The molecule has 2 aliphatic rings. The maximum Gasteiger partial charge on any atom is 0.231 e. The molecule has 1 N–H and O–H groups in total. The van der Waals surface area contributed by atoms with Crippen LogP contribution in [0.5, 0.6) is 23.0 Å². The van der Waals surface area contributed by atoms with Gasteiger partial charge in [0.15, 0.2) is 29.3 Å². The lowest BCUT2D eigenvalue weighted by Crippen LogP contribution is -2.18. The number of rotatable bonds is 5. The van der Waals surface area contributed by atoms with Crippen LogP contribution in [0.2, 0.25) is 0 Å². The Labute approximate surface area is 157 Å². The molecule has 6 nitrogen and oxygen atoms in total. The average molecular weight is 370 g/mol. The number of benzene rings is 2. The van der Waals surface area contributed by atoms with Gasteiger partial charge in [-0.15, -0.1) is 0 Å². The highest BCUT2D eigenvalue weighted by Gasteiger charge is 2.31. The maximum atomic E-state index is 10.3. The number of ether oxygens (including phenoxy) is 5. The van der Waals surface area contributed by atoms with Gasteiger partial charge in [-0.05, 0) is 47.4 Å². The molecule has 0 aromatic heterocycles. The first-order valence-electron chi connectivity index (χ1n) is 8.78. The maximum absolute atomic E-state index is 10.3. The van der Waals surface area contributed by atoms with Crippen LogP contribution in [-0.2, 0) is 11.2 Å². The quantitative estimate of drug-likeness (QED) is 0.873. The van der Waals surface area contributed by atoms with Crippen molar-refractivity contribution >= 4 is 6.08 Å². The zero-order valence-corrected chi connectivity index (χ0v) is 15.3. The molecule has 2 aromatic carbocycles. The number of hydrogen-bond acceptors (Lipinski definition) is 6. The Balaban J connectivity index is 1.57. The van der Waals surface area contributed by atoms with Gasteiger partial charge in [0, 0.05) is 5.92 Å². The highest BCUT2D eigenvalue weighted by atomic mass is 16.7. The van der Waals surface area contributed by atoms with Crippen LogP contribution in [0.1, 0.15) is 11.1 Å². The zero-order chi connectivity index (χ0) is 18.8. The van der Waals surface area contributed by atoms with Crippen LogP contribution in [0, 0.1) is 5.92 Å². The fourth-order valence-corrected chi connectivity index (χ4v) is 3.45. The van der Waals surface area contributed by atoms with E-state index in [0.29, 0.717) is 24.5 Å². The highest BCUT2D eigenvalue weighted by Crippen LogP contribution is 2.36. The van der Waals surface area contributed by atoms with Crippen LogP contribution in [0.15, 0.2) is 42.0 Å². The van der Waals surface area contributed by atoms with Crippen LogP contribution in [0.3, 0.4) is 0 Å². The Morgan fingerprint density at radius 2 is 1.85 bits per heavy atom. The number of aliphatic hydroxyl groups excluding tert-OH is 1. The molecule has 2 aromatic rings. The molecule has 2 atom stereocenters. The van der Waals surface area contributed by atoms with Gasteiger partial charge in [-0.3, -0.25) is 0 Å². The number of aliphatic hydroxyl groups is 1. The molecule has 0 radical (unpaired) electrons. The van der Waals surface area contributed by atoms with E-state index in [0.717, 1.165) is 28.2 Å². The molecule has 142 valence electrons. The summed E-state index contributed by atoms with van der Waals surface area (Å²) in [6.45, 7) is 0.646. The van der Waals surface area contributed by atoms with Crippen molar-refractivity contribution in [2.45, 2.75) is 12.7 Å². The van der Waals surface area contributed by atoms with Crippen LogP contribution >= 0.6 is 0 Å².